The Morgan fingerprint density at radius 1 is 1.50 bits per heavy atom. The van der Waals surface area contributed by atoms with Gasteiger partial charge in [0, 0.05) is 16.7 Å². The zero-order chi connectivity index (χ0) is 9.97. The average molecular weight is 248 g/mol. The fraction of sp³-hybridized carbons (Fsp3) is 0.600. The number of rotatable bonds is 1. The van der Waals surface area contributed by atoms with E-state index >= 15 is 0 Å². The third-order valence-electron chi connectivity index (χ3n) is 2.40. The molecule has 1 N–H and O–H groups in total. The molecule has 1 aromatic heterocycles. The van der Waals surface area contributed by atoms with Gasteiger partial charge in [0.1, 0.15) is 0 Å². The van der Waals surface area contributed by atoms with Crippen molar-refractivity contribution in [3.8, 4) is 0 Å². The third-order valence-corrected chi connectivity index (χ3v) is 4.84. The van der Waals surface area contributed by atoms with Gasteiger partial charge in [-0.2, -0.15) is 11.8 Å². The molecule has 1 fully saturated rings. The largest absolute Gasteiger partial charge is 0.306 e. The third kappa shape index (κ3) is 2.66. The predicted molar refractivity (Wildman–Crippen MR) is 66.6 cm³/mol. The molecule has 1 aromatic rings. The summed E-state index contributed by atoms with van der Waals surface area (Å²) < 4.78 is 0.892. The van der Waals surface area contributed by atoms with Crippen molar-refractivity contribution in [2.45, 2.75) is 25.4 Å². The highest BCUT2D eigenvalue weighted by Gasteiger charge is 2.19. The molecule has 2 unspecified atom stereocenters. The molecule has 1 aliphatic heterocycles. The van der Waals surface area contributed by atoms with Crippen molar-refractivity contribution in [2.24, 2.45) is 0 Å². The van der Waals surface area contributed by atoms with Gasteiger partial charge in [-0.05, 0) is 31.2 Å². The van der Waals surface area contributed by atoms with Crippen LogP contribution >= 0.6 is 34.7 Å². The second kappa shape index (κ2) is 4.88. The van der Waals surface area contributed by atoms with Crippen LogP contribution in [0.2, 0.25) is 4.34 Å². The molecule has 14 heavy (non-hydrogen) atoms. The molecular formula is C10H14ClNS2. The van der Waals surface area contributed by atoms with Crippen LogP contribution in [-0.4, -0.2) is 17.5 Å². The van der Waals surface area contributed by atoms with E-state index in [9.17, 15) is 0 Å². The molecule has 0 saturated carbocycles. The molecule has 1 nitrogen and oxygen atoms in total. The molecule has 1 saturated heterocycles. The zero-order valence-corrected chi connectivity index (χ0v) is 10.5. The highest BCUT2D eigenvalue weighted by atomic mass is 35.5. The summed E-state index contributed by atoms with van der Waals surface area (Å²) in [7, 11) is 0. The Bertz CT molecular complexity index is 300. The molecule has 2 heterocycles. The van der Waals surface area contributed by atoms with Crippen molar-refractivity contribution in [1.82, 2.24) is 5.32 Å². The molecule has 0 radical (unpaired) electrons. The molecule has 0 aromatic carbocycles. The van der Waals surface area contributed by atoms with Crippen LogP contribution in [0, 0.1) is 0 Å². The molecule has 2 rings (SSSR count). The molecule has 0 amide bonds. The number of nitrogens with one attached hydrogen (secondary N) is 1. The molecule has 1 aliphatic rings. The van der Waals surface area contributed by atoms with Gasteiger partial charge in [-0.25, -0.2) is 0 Å². The number of thiophene rings is 1. The molecule has 0 aliphatic carbocycles. The van der Waals surface area contributed by atoms with Crippen molar-refractivity contribution in [3.05, 3.63) is 21.3 Å². The summed E-state index contributed by atoms with van der Waals surface area (Å²) in [5, 5.41) is 3.64. The first-order chi connectivity index (χ1) is 6.75. The smallest absolute Gasteiger partial charge is 0.0931 e. The number of halogens is 1. The van der Waals surface area contributed by atoms with Crippen LogP contribution in [0.25, 0.3) is 0 Å². The Morgan fingerprint density at radius 2 is 2.36 bits per heavy atom. The first-order valence-corrected chi connectivity index (χ1v) is 7.19. The predicted octanol–water partition coefficient (Wildman–Crippen LogP) is 3.56. The Hall–Kier alpha value is 0.300. The van der Waals surface area contributed by atoms with Crippen molar-refractivity contribution >= 4 is 34.7 Å². The van der Waals surface area contributed by atoms with Crippen molar-refractivity contribution in [2.75, 3.05) is 11.5 Å². The van der Waals surface area contributed by atoms with E-state index in [1.165, 1.54) is 22.8 Å². The van der Waals surface area contributed by atoms with E-state index in [-0.39, 0.29) is 0 Å². The number of thioether (sulfide) groups is 1. The molecular weight excluding hydrogens is 234 g/mol. The van der Waals surface area contributed by atoms with Crippen LogP contribution in [0.3, 0.4) is 0 Å². The van der Waals surface area contributed by atoms with E-state index < -0.39 is 0 Å². The maximum Gasteiger partial charge on any atom is 0.0931 e. The van der Waals surface area contributed by atoms with Gasteiger partial charge in [-0.1, -0.05) is 11.6 Å². The highest BCUT2D eigenvalue weighted by molar-refractivity contribution is 7.99. The van der Waals surface area contributed by atoms with Gasteiger partial charge in [0.15, 0.2) is 0 Å². The van der Waals surface area contributed by atoms with Crippen molar-refractivity contribution < 1.29 is 0 Å². The van der Waals surface area contributed by atoms with Crippen LogP contribution in [-0.2, 0) is 0 Å². The summed E-state index contributed by atoms with van der Waals surface area (Å²) in [5.41, 5.74) is 0. The molecule has 0 spiro atoms. The fourth-order valence-electron chi connectivity index (χ4n) is 1.62. The normalized spacial score (nSPS) is 28.7. The topological polar surface area (TPSA) is 12.0 Å². The van der Waals surface area contributed by atoms with Crippen LogP contribution in [0.1, 0.15) is 24.3 Å². The molecule has 0 bridgehead atoms. The van der Waals surface area contributed by atoms with Crippen LogP contribution < -0.4 is 5.32 Å². The SMILES string of the molecule is CC1CCSCC(c2ccc(Cl)s2)N1. The molecule has 2 atom stereocenters. The van der Waals surface area contributed by atoms with E-state index in [1.807, 2.05) is 17.8 Å². The lowest BCUT2D eigenvalue weighted by molar-refractivity contribution is 0.489. The summed E-state index contributed by atoms with van der Waals surface area (Å²) in [6.45, 7) is 2.26. The summed E-state index contributed by atoms with van der Waals surface area (Å²) in [6, 6.07) is 5.25. The van der Waals surface area contributed by atoms with E-state index in [0.717, 1.165) is 4.34 Å². The maximum absolute atomic E-state index is 5.94. The minimum Gasteiger partial charge on any atom is -0.306 e. The minimum absolute atomic E-state index is 0.495. The molecule has 78 valence electrons. The van der Waals surface area contributed by atoms with Gasteiger partial charge in [0.05, 0.1) is 10.4 Å². The maximum atomic E-state index is 5.94. The lowest BCUT2D eigenvalue weighted by atomic mass is 10.2. The van der Waals surface area contributed by atoms with Gasteiger partial charge in [-0.15, -0.1) is 11.3 Å². The summed E-state index contributed by atoms with van der Waals surface area (Å²) in [6.07, 6.45) is 1.26. The zero-order valence-electron chi connectivity index (χ0n) is 8.13. The Morgan fingerprint density at radius 3 is 3.07 bits per heavy atom. The standard InChI is InChI=1S/C10H14ClNS2/c1-7-4-5-13-6-8(12-7)9-2-3-10(11)14-9/h2-3,7-8,12H,4-6H2,1H3. The average Bonchev–Trinajstić information content (AvgIpc) is 2.45. The Kier molecular flexibility index (Phi) is 3.77. The lowest BCUT2D eigenvalue weighted by Crippen LogP contribution is -2.29. The van der Waals surface area contributed by atoms with Gasteiger partial charge in [0.25, 0.3) is 0 Å². The summed E-state index contributed by atoms with van der Waals surface area (Å²) in [5.74, 6) is 2.44. The van der Waals surface area contributed by atoms with Crippen molar-refractivity contribution in [3.63, 3.8) is 0 Å². The first-order valence-electron chi connectivity index (χ1n) is 4.85. The summed E-state index contributed by atoms with van der Waals surface area (Å²) >= 11 is 9.67. The highest BCUT2D eigenvalue weighted by Crippen LogP contribution is 2.31. The molecule has 4 heteroatoms. The quantitative estimate of drug-likeness (QED) is 0.815. The van der Waals surface area contributed by atoms with Gasteiger partial charge in [0.2, 0.25) is 0 Å². The monoisotopic (exact) mass is 247 g/mol. The van der Waals surface area contributed by atoms with E-state index in [0.29, 0.717) is 12.1 Å². The van der Waals surface area contributed by atoms with Crippen LogP contribution in [0.5, 0.6) is 0 Å². The first kappa shape index (κ1) is 10.8. The van der Waals surface area contributed by atoms with E-state index in [2.05, 4.69) is 18.3 Å². The Labute approximate surface area is 98.2 Å². The number of hydrogen-bond acceptors (Lipinski definition) is 3. The van der Waals surface area contributed by atoms with E-state index in [4.69, 9.17) is 11.6 Å². The second-order valence-electron chi connectivity index (χ2n) is 3.63. The van der Waals surface area contributed by atoms with Crippen LogP contribution in [0.15, 0.2) is 12.1 Å². The van der Waals surface area contributed by atoms with E-state index in [1.54, 1.807) is 11.3 Å². The van der Waals surface area contributed by atoms with Crippen molar-refractivity contribution in [1.29, 1.82) is 0 Å². The second-order valence-corrected chi connectivity index (χ2v) is 6.52. The summed E-state index contributed by atoms with van der Waals surface area (Å²) in [4.78, 5) is 1.37. The minimum atomic E-state index is 0.495. The lowest BCUT2D eigenvalue weighted by Gasteiger charge is -2.17. The van der Waals surface area contributed by atoms with Gasteiger partial charge >= 0.3 is 0 Å². The van der Waals surface area contributed by atoms with Gasteiger partial charge in [-0.3, -0.25) is 0 Å². The van der Waals surface area contributed by atoms with Gasteiger partial charge < -0.3 is 5.32 Å². The number of hydrogen-bond donors (Lipinski definition) is 1. The van der Waals surface area contributed by atoms with Crippen LogP contribution in [0.4, 0.5) is 0 Å². The Balaban J connectivity index is 2.08. The fourth-order valence-corrected chi connectivity index (χ4v) is 4.04.